The van der Waals surface area contributed by atoms with Crippen LogP contribution in [0.15, 0.2) is 18.2 Å². The summed E-state index contributed by atoms with van der Waals surface area (Å²) in [6.45, 7) is 3.90. The van der Waals surface area contributed by atoms with Crippen LogP contribution in [0.5, 0.6) is 5.75 Å². The van der Waals surface area contributed by atoms with Gasteiger partial charge in [-0.15, -0.1) is 0 Å². The summed E-state index contributed by atoms with van der Waals surface area (Å²) in [6, 6.07) is 3.87. The quantitative estimate of drug-likeness (QED) is 0.772. The molecule has 0 radical (unpaired) electrons. The second-order valence-electron chi connectivity index (χ2n) is 3.37. The Balaban J connectivity index is 3.20. The van der Waals surface area contributed by atoms with Crippen LogP contribution in [-0.2, 0) is 4.79 Å². The number of ether oxygens (including phenoxy) is 1. The number of rotatable bonds is 3. The lowest BCUT2D eigenvalue weighted by Crippen LogP contribution is -1.93. The largest absolute Gasteiger partial charge is 0.496 e. The van der Waals surface area contributed by atoms with E-state index in [1.165, 1.54) is 0 Å². The Morgan fingerprint density at radius 2 is 2.07 bits per heavy atom. The zero-order valence-electron chi connectivity index (χ0n) is 9.07. The summed E-state index contributed by atoms with van der Waals surface area (Å²) in [5.41, 5.74) is 2.91. The molecule has 0 bridgehead atoms. The highest BCUT2D eigenvalue weighted by molar-refractivity contribution is 5.86. The van der Waals surface area contributed by atoms with E-state index in [2.05, 4.69) is 0 Å². The van der Waals surface area contributed by atoms with Crippen molar-refractivity contribution in [3.05, 3.63) is 34.9 Å². The van der Waals surface area contributed by atoms with Crippen LogP contribution in [0.1, 0.15) is 16.7 Å². The SMILES string of the molecule is COc1cc(C)cc(C)c1/C=C/C(=O)O. The number of hydrogen-bond donors (Lipinski definition) is 1. The summed E-state index contributed by atoms with van der Waals surface area (Å²) in [5.74, 6) is -0.262. The molecule has 0 aromatic heterocycles. The van der Waals surface area contributed by atoms with Gasteiger partial charge in [-0.1, -0.05) is 6.07 Å². The van der Waals surface area contributed by atoms with Crippen molar-refractivity contribution >= 4 is 12.0 Å². The Bertz CT molecular complexity index is 406. The van der Waals surface area contributed by atoms with Crippen molar-refractivity contribution in [3.8, 4) is 5.75 Å². The van der Waals surface area contributed by atoms with Crippen LogP contribution < -0.4 is 4.74 Å². The Labute approximate surface area is 89.0 Å². The normalized spacial score (nSPS) is 10.6. The van der Waals surface area contributed by atoms with E-state index in [0.717, 1.165) is 22.8 Å². The predicted molar refractivity (Wildman–Crippen MR) is 59.1 cm³/mol. The molecule has 1 rings (SSSR count). The lowest BCUT2D eigenvalue weighted by Gasteiger charge is -2.09. The lowest BCUT2D eigenvalue weighted by molar-refractivity contribution is -0.131. The molecule has 0 unspecified atom stereocenters. The first-order valence-electron chi connectivity index (χ1n) is 4.61. The Morgan fingerprint density at radius 3 is 2.60 bits per heavy atom. The van der Waals surface area contributed by atoms with Crippen molar-refractivity contribution in [3.63, 3.8) is 0 Å². The molecular formula is C12H14O3. The molecule has 0 saturated carbocycles. The van der Waals surface area contributed by atoms with Crippen LogP contribution in [-0.4, -0.2) is 18.2 Å². The van der Waals surface area contributed by atoms with Gasteiger partial charge in [-0.3, -0.25) is 0 Å². The summed E-state index contributed by atoms with van der Waals surface area (Å²) in [4.78, 5) is 10.4. The van der Waals surface area contributed by atoms with E-state index in [-0.39, 0.29) is 0 Å². The lowest BCUT2D eigenvalue weighted by atomic mass is 10.0. The van der Waals surface area contributed by atoms with Crippen LogP contribution in [0.25, 0.3) is 6.08 Å². The van der Waals surface area contributed by atoms with Gasteiger partial charge in [0.15, 0.2) is 0 Å². The van der Waals surface area contributed by atoms with Gasteiger partial charge in [0.1, 0.15) is 5.75 Å². The molecule has 0 saturated heterocycles. The molecule has 3 heteroatoms. The molecule has 1 aromatic rings. The average Bonchev–Trinajstić information content (AvgIpc) is 2.14. The maximum Gasteiger partial charge on any atom is 0.328 e. The van der Waals surface area contributed by atoms with Crippen molar-refractivity contribution in [2.75, 3.05) is 7.11 Å². The fourth-order valence-corrected chi connectivity index (χ4v) is 1.48. The van der Waals surface area contributed by atoms with Gasteiger partial charge >= 0.3 is 5.97 Å². The zero-order valence-corrected chi connectivity index (χ0v) is 9.07. The number of benzene rings is 1. The number of carboxylic acid groups (broad SMARTS) is 1. The van der Waals surface area contributed by atoms with Crippen LogP contribution >= 0.6 is 0 Å². The van der Waals surface area contributed by atoms with Gasteiger partial charge < -0.3 is 9.84 Å². The van der Waals surface area contributed by atoms with E-state index in [1.807, 2.05) is 26.0 Å². The third-order valence-corrected chi connectivity index (χ3v) is 2.11. The Kier molecular flexibility index (Phi) is 3.50. The van der Waals surface area contributed by atoms with E-state index in [1.54, 1.807) is 13.2 Å². The molecule has 0 aliphatic rings. The van der Waals surface area contributed by atoms with E-state index < -0.39 is 5.97 Å². The summed E-state index contributed by atoms with van der Waals surface area (Å²) >= 11 is 0. The van der Waals surface area contributed by atoms with E-state index in [0.29, 0.717) is 5.75 Å². The monoisotopic (exact) mass is 206 g/mol. The fourth-order valence-electron chi connectivity index (χ4n) is 1.48. The highest BCUT2D eigenvalue weighted by Gasteiger charge is 2.04. The van der Waals surface area contributed by atoms with Crippen molar-refractivity contribution in [1.82, 2.24) is 0 Å². The zero-order chi connectivity index (χ0) is 11.4. The highest BCUT2D eigenvalue weighted by Crippen LogP contribution is 2.25. The molecule has 3 nitrogen and oxygen atoms in total. The molecule has 0 amide bonds. The topological polar surface area (TPSA) is 46.5 Å². The van der Waals surface area contributed by atoms with E-state index >= 15 is 0 Å². The maximum absolute atomic E-state index is 10.4. The summed E-state index contributed by atoms with van der Waals surface area (Å²) in [5, 5.41) is 8.56. The molecule has 80 valence electrons. The first kappa shape index (κ1) is 11.3. The second-order valence-corrected chi connectivity index (χ2v) is 3.37. The van der Waals surface area contributed by atoms with Gasteiger partial charge in [-0.2, -0.15) is 0 Å². The van der Waals surface area contributed by atoms with Gasteiger partial charge in [0, 0.05) is 11.6 Å². The highest BCUT2D eigenvalue weighted by atomic mass is 16.5. The van der Waals surface area contributed by atoms with Crippen molar-refractivity contribution in [1.29, 1.82) is 0 Å². The molecule has 0 fully saturated rings. The molecule has 15 heavy (non-hydrogen) atoms. The number of methoxy groups -OCH3 is 1. The number of carbonyl (C=O) groups is 1. The summed E-state index contributed by atoms with van der Waals surface area (Å²) in [7, 11) is 1.58. The van der Waals surface area contributed by atoms with Crippen LogP contribution in [0, 0.1) is 13.8 Å². The first-order chi connectivity index (χ1) is 7.04. The number of carboxylic acids is 1. The molecule has 1 aromatic carbocycles. The molecule has 0 spiro atoms. The second kappa shape index (κ2) is 4.64. The predicted octanol–water partition coefficient (Wildman–Crippen LogP) is 2.41. The Hall–Kier alpha value is -1.77. The molecule has 0 aliphatic heterocycles. The van der Waals surface area contributed by atoms with Gasteiger partial charge in [0.25, 0.3) is 0 Å². The van der Waals surface area contributed by atoms with Gasteiger partial charge in [0.05, 0.1) is 7.11 Å². The van der Waals surface area contributed by atoms with E-state index in [9.17, 15) is 4.79 Å². The first-order valence-corrected chi connectivity index (χ1v) is 4.61. The summed E-state index contributed by atoms with van der Waals surface area (Å²) in [6.07, 6.45) is 2.66. The molecule has 1 N–H and O–H groups in total. The molecule has 0 heterocycles. The van der Waals surface area contributed by atoms with Crippen LogP contribution in [0.4, 0.5) is 0 Å². The van der Waals surface area contributed by atoms with Gasteiger partial charge in [-0.05, 0) is 37.1 Å². The van der Waals surface area contributed by atoms with Crippen molar-refractivity contribution in [2.24, 2.45) is 0 Å². The maximum atomic E-state index is 10.4. The Morgan fingerprint density at radius 1 is 1.40 bits per heavy atom. The molecular weight excluding hydrogens is 192 g/mol. The number of aliphatic carboxylic acids is 1. The van der Waals surface area contributed by atoms with Crippen LogP contribution in [0.2, 0.25) is 0 Å². The van der Waals surface area contributed by atoms with Crippen LogP contribution in [0.3, 0.4) is 0 Å². The number of aryl methyl sites for hydroxylation is 2. The smallest absolute Gasteiger partial charge is 0.328 e. The minimum Gasteiger partial charge on any atom is -0.496 e. The van der Waals surface area contributed by atoms with Crippen molar-refractivity contribution in [2.45, 2.75) is 13.8 Å². The third-order valence-electron chi connectivity index (χ3n) is 2.11. The van der Waals surface area contributed by atoms with Gasteiger partial charge in [0.2, 0.25) is 0 Å². The van der Waals surface area contributed by atoms with E-state index in [4.69, 9.17) is 9.84 Å². The van der Waals surface area contributed by atoms with Gasteiger partial charge in [-0.25, -0.2) is 4.79 Å². The summed E-state index contributed by atoms with van der Waals surface area (Å²) < 4.78 is 5.20. The molecule has 0 aliphatic carbocycles. The average molecular weight is 206 g/mol. The third kappa shape index (κ3) is 2.84. The fraction of sp³-hybridized carbons (Fsp3) is 0.250. The van der Waals surface area contributed by atoms with Crippen molar-refractivity contribution < 1.29 is 14.6 Å². The minimum atomic E-state index is -0.961. The number of hydrogen-bond acceptors (Lipinski definition) is 2. The standard InChI is InChI=1S/C12H14O3/c1-8-6-9(2)10(4-5-12(13)14)11(7-8)15-3/h4-7H,1-3H3,(H,13,14)/b5-4+. The molecule has 0 atom stereocenters. The minimum absolute atomic E-state index is 0.699.